The van der Waals surface area contributed by atoms with E-state index in [0.717, 1.165) is 31.6 Å². The largest absolute Gasteiger partial charge is 0.446 e. The average molecular weight is 196 g/mol. The topological polar surface area (TPSA) is 61.3 Å². The average Bonchev–Trinajstić information content (AvgIpc) is 2.75. The van der Waals surface area contributed by atoms with Crippen molar-refractivity contribution in [1.29, 1.82) is 0 Å². The second kappa shape index (κ2) is 3.71. The molecule has 1 aliphatic rings. The first-order valence-corrected chi connectivity index (χ1v) is 5.03. The van der Waals surface area contributed by atoms with E-state index in [9.17, 15) is 0 Å². The van der Waals surface area contributed by atoms with Crippen LogP contribution in [-0.2, 0) is 16.8 Å². The van der Waals surface area contributed by atoms with Crippen molar-refractivity contribution in [3.8, 4) is 0 Å². The van der Waals surface area contributed by atoms with E-state index in [1.165, 1.54) is 0 Å². The molecule has 2 N–H and O–H groups in total. The number of hydrogen-bond acceptors (Lipinski definition) is 4. The van der Waals surface area contributed by atoms with Crippen molar-refractivity contribution in [2.45, 2.75) is 31.8 Å². The van der Waals surface area contributed by atoms with Crippen molar-refractivity contribution < 1.29 is 9.15 Å². The number of ether oxygens (including phenoxy) is 1. The fourth-order valence-corrected chi connectivity index (χ4v) is 1.76. The van der Waals surface area contributed by atoms with Crippen LogP contribution in [0.4, 0.5) is 0 Å². The molecule has 0 saturated carbocycles. The van der Waals surface area contributed by atoms with Crippen molar-refractivity contribution in [2.24, 2.45) is 5.73 Å². The van der Waals surface area contributed by atoms with Crippen LogP contribution < -0.4 is 5.73 Å². The fraction of sp³-hybridized carbons (Fsp3) is 0.700. The number of nitrogens with zero attached hydrogens (tertiary/aromatic N) is 1. The highest BCUT2D eigenvalue weighted by Gasteiger charge is 2.36. The smallest absolute Gasteiger partial charge is 0.226 e. The first kappa shape index (κ1) is 9.68. The van der Waals surface area contributed by atoms with Gasteiger partial charge in [-0.1, -0.05) is 0 Å². The molecule has 1 fully saturated rings. The lowest BCUT2D eigenvalue weighted by Gasteiger charge is -2.17. The molecule has 0 amide bonds. The van der Waals surface area contributed by atoms with Gasteiger partial charge in [0.25, 0.3) is 0 Å². The van der Waals surface area contributed by atoms with Gasteiger partial charge in [-0.2, -0.15) is 0 Å². The molecule has 4 heteroatoms. The molecule has 78 valence electrons. The van der Waals surface area contributed by atoms with Crippen LogP contribution in [0.3, 0.4) is 0 Å². The lowest BCUT2D eigenvalue weighted by Crippen LogP contribution is -2.20. The summed E-state index contributed by atoms with van der Waals surface area (Å²) in [5.74, 6) is 0.693. The van der Waals surface area contributed by atoms with Crippen LogP contribution in [0.15, 0.2) is 10.7 Å². The minimum absolute atomic E-state index is 0.313. The zero-order valence-corrected chi connectivity index (χ0v) is 8.45. The lowest BCUT2D eigenvalue weighted by molar-refractivity contribution is -0.00532. The molecular weight excluding hydrogens is 180 g/mol. The van der Waals surface area contributed by atoms with E-state index in [0.29, 0.717) is 12.4 Å². The van der Waals surface area contributed by atoms with Gasteiger partial charge in [0, 0.05) is 13.0 Å². The molecule has 1 atom stereocenters. The maximum atomic E-state index is 5.63. The van der Waals surface area contributed by atoms with Gasteiger partial charge in [0.05, 0.1) is 5.69 Å². The van der Waals surface area contributed by atoms with E-state index in [4.69, 9.17) is 14.9 Å². The normalized spacial score (nSPS) is 27.0. The fourth-order valence-electron chi connectivity index (χ4n) is 1.76. The molecule has 0 aliphatic carbocycles. The third kappa shape index (κ3) is 1.67. The van der Waals surface area contributed by atoms with Crippen molar-refractivity contribution in [3.63, 3.8) is 0 Å². The molecule has 2 rings (SSSR count). The van der Waals surface area contributed by atoms with E-state index in [2.05, 4.69) is 4.98 Å². The molecule has 1 aromatic heterocycles. The van der Waals surface area contributed by atoms with Crippen LogP contribution in [0.25, 0.3) is 0 Å². The molecule has 4 nitrogen and oxygen atoms in total. The Morgan fingerprint density at radius 3 is 3.14 bits per heavy atom. The van der Waals surface area contributed by atoms with Gasteiger partial charge in [-0.25, -0.2) is 4.98 Å². The van der Waals surface area contributed by atoms with Crippen LogP contribution >= 0.6 is 0 Å². The molecule has 0 radical (unpaired) electrons. The third-order valence-corrected chi connectivity index (χ3v) is 2.62. The molecule has 0 bridgehead atoms. The molecule has 0 aromatic carbocycles. The summed E-state index contributed by atoms with van der Waals surface area (Å²) in [6.07, 6.45) is 4.50. The molecule has 1 unspecified atom stereocenters. The van der Waals surface area contributed by atoms with Crippen LogP contribution in [0, 0.1) is 0 Å². The summed E-state index contributed by atoms with van der Waals surface area (Å²) in [7, 11) is 0. The highest BCUT2D eigenvalue weighted by Crippen LogP contribution is 2.34. The summed E-state index contributed by atoms with van der Waals surface area (Å²) in [6.45, 7) is 3.42. The summed E-state index contributed by atoms with van der Waals surface area (Å²) in [4.78, 5) is 4.38. The minimum Gasteiger partial charge on any atom is -0.446 e. The van der Waals surface area contributed by atoms with Crippen molar-refractivity contribution in [3.05, 3.63) is 17.8 Å². The monoisotopic (exact) mass is 196 g/mol. The van der Waals surface area contributed by atoms with E-state index >= 15 is 0 Å². The minimum atomic E-state index is -0.313. The van der Waals surface area contributed by atoms with E-state index in [-0.39, 0.29) is 5.60 Å². The molecule has 0 spiro atoms. The summed E-state index contributed by atoms with van der Waals surface area (Å²) in [6, 6.07) is 0. The van der Waals surface area contributed by atoms with Gasteiger partial charge in [-0.05, 0) is 26.3 Å². The van der Waals surface area contributed by atoms with E-state index in [1.807, 2.05) is 6.92 Å². The van der Waals surface area contributed by atoms with Gasteiger partial charge < -0.3 is 14.9 Å². The Hall–Kier alpha value is -0.870. The Bertz CT molecular complexity index is 303. The molecule has 1 saturated heterocycles. The Balaban J connectivity index is 2.15. The van der Waals surface area contributed by atoms with Crippen LogP contribution in [0.1, 0.15) is 31.4 Å². The first-order valence-electron chi connectivity index (χ1n) is 5.03. The standard InChI is InChI=1S/C10H16N2O2/c1-10(4-2-6-14-10)9-12-8(3-5-11)7-13-9/h7H,2-6,11H2,1H3. The third-order valence-electron chi connectivity index (χ3n) is 2.62. The number of rotatable bonds is 3. The summed E-state index contributed by atoms with van der Waals surface area (Å²) < 4.78 is 11.0. The number of aromatic nitrogens is 1. The summed E-state index contributed by atoms with van der Waals surface area (Å²) in [5, 5.41) is 0. The molecule has 14 heavy (non-hydrogen) atoms. The van der Waals surface area contributed by atoms with Gasteiger partial charge in [-0.15, -0.1) is 0 Å². The van der Waals surface area contributed by atoms with Crippen LogP contribution in [-0.4, -0.2) is 18.1 Å². The summed E-state index contributed by atoms with van der Waals surface area (Å²) in [5.41, 5.74) is 6.05. The Morgan fingerprint density at radius 2 is 2.50 bits per heavy atom. The number of hydrogen-bond donors (Lipinski definition) is 1. The van der Waals surface area contributed by atoms with Crippen molar-refractivity contribution in [2.75, 3.05) is 13.2 Å². The molecule has 1 aromatic rings. The van der Waals surface area contributed by atoms with Gasteiger partial charge in [-0.3, -0.25) is 0 Å². The second-order valence-electron chi connectivity index (χ2n) is 3.87. The zero-order chi connectivity index (χ0) is 10.0. The predicted molar refractivity (Wildman–Crippen MR) is 51.8 cm³/mol. The highest BCUT2D eigenvalue weighted by molar-refractivity contribution is 5.05. The number of nitrogens with two attached hydrogens (primary N) is 1. The van der Waals surface area contributed by atoms with Gasteiger partial charge in [0.15, 0.2) is 0 Å². The van der Waals surface area contributed by atoms with E-state index < -0.39 is 0 Å². The maximum Gasteiger partial charge on any atom is 0.226 e. The lowest BCUT2D eigenvalue weighted by atomic mass is 10.0. The maximum absolute atomic E-state index is 5.63. The molecule has 1 aliphatic heterocycles. The van der Waals surface area contributed by atoms with Gasteiger partial charge in [0.1, 0.15) is 11.9 Å². The zero-order valence-electron chi connectivity index (χ0n) is 8.45. The highest BCUT2D eigenvalue weighted by atomic mass is 16.5. The Kier molecular flexibility index (Phi) is 2.56. The van der Waals surface area contributed by atoms with E-state index in [1.54, 1.807) is 6.26 Å². The molecule has 2 heterocycles. The Morgan fingerprint density at radius 1 is 1.64 bits per heavy atom. The Labute approximate surface area is 83.4 Å². The SMILES string of the molecule is CC1(c2nc(CCN)co2)CCCO1. The van der Waals surface area contributed by atoms with Crippen molar-refractivity contribution in [1.82, 2.24) is 4.98 Å². The summed E-state index contributed by atoms with van der Waals surface area (Å²) >= 11 is 0. The quantitative estimate of drug-likeness (QED) is 0.789. The number of oxazole rings is 1. The van der Waals surface area contributed by atoms with Gasteiger partial charge in [0.2, 0.25) is 5.89 Å². The second-order valence-corrected chi connectivity index (χ2v) is 3.87. The predicted octanol–water partition coefficient (Wildman–Crippen LogP) is 1.20. The van der Waals surface area contributed by atoms with Crippen LogP contribution in [0.5, 0.6) is 0 Å². The first-order chi connectivity index (χ1) is 6.74. The van der Waals surface area contributed by atoms with Crippen molar-refractivity contribution >= 4 is 0 Å². The van der Waals surface area contributed by atoms with Crippen LogP contribution in [0.2, 0.25) is 0 Å². The van der Waals surface area contributed by atoms with Gasteiger partial charge >= 0.3 is 0 Å². The molecular formula is C10H16N2O2.